The van der Waals surface area contributed by atoms with Gasteiger partial charge in [0.15, 0.2) is 0 Å². The zero-order chi connectivity index (χ0) is 13.8. The van der Waals surface area contributed by atoms with Gasteiger partial charge in [-0.25, -0.2) is 0 Å². The van der Waals surface area contributed by atoms with E-state index in [1.807, 2.05) is 37.3 Å². The van der Waals surface area contributed by atoms with Crippen molar-refractivity contribution in [2.24, 2.45) is 0 Å². The lowest BCUT2D eigenvalue weighted by atomic mass is 10.2. The monoisotopic (exact) mass is 380 g/mol. The van der Waals surface area contributed by atoms with Crippen LogP contribution in [0, 0.1) is 0 Å². The normalized spacial score (nSPS) is 11.9. The van der Waals surface area contributed by atoms with E-state index in [-0.39, 0.29) is 0 Å². The molecule has 6 heteroatoms. The third-order valence-corrected chi connectivity index (χ3v) is 3.14. The minimum atomic E-state index is 0.427. The lowest BCUT2D eigenvalue weighted by molar-refractivity contribution is 0.845. The van der Waals surface area contributed by atoms with E-state index in [1.54, 1.807) is 0 Å². The van der Waals surface area contributed by atoms with Gasteiger partial charge in [0.2, 0.25) is 11.6 Å². The van der Waals surface area contributed by atoms with Crippen molar-refractivity contribution in [3.8, 4) is 11.4 Å². The first-order valence-electron chi connectivity index (χ1n) is 5.44. The second-order valence-electron chi connectivity index (χ2n) is 3.73. The molecule has 0 atom stereocenters. The van der Waals surface area contributed by atoms with E-state index in [9.17, 15) is 0 Å². The SMILES string of the molecule is C=C(Br)/C(=C(\C)Br)c1nnc(-c2ccccc2)nn1. The molecule has 96 valence electrons. The second kappa shape index (κ2) is 6.16. The van der Waals surface area contributed by atoms with Gasteiger partial charge >= 0.3 is 0 Å². The summed E-state index contributed by atoms with van der Waals surface area (Å²) >= 11 is 6.72. The standard InChI is InChI=1S/C13H10Br2N4/c1-8(14)11(9(2)15)13-18-16-12(17-19-13)10-6-4-3-5-7-10/h3-7H,1H2,2H3/b11-9-. The Hall–Kier alpha value is -1.40. The number of benzene rings is 1. The highest BCUT2D eigenvalue weighted by Gasteiger charge is 2.12. The van der Waals surface area contributed by atoms with Crippen LogP contribution in [0.15, 0.2) is 45.9 Å². The number of aromatic nitrogens is 4. The Bertz CT molecular complexity index is 617. The molecule has 0 unspecified atom stereocenters. The maximum atomic E-state index is 4.10. The molecule has 0 bridgehead atoms. The quantitative estimate of drug-likeness (QED) is 0.755. The zero-order valence-electron chi connectivity index (χ0n) is 10.1. The Morgan fingerprint density at radius 2 is 1.58 bits per heavy atom. The van der Waals surface area contributed by atoms with E-state index in [0.29, 0.717) is 16.1 Å². The van der Waals surface area contributed by atoms with Crippen molar-refractivity contribution in [3.63, 3.8) is 0 Å². The van der Waals surface area contributed by atoms with Crippen LogP contribution in [0.3, 0.4) is 0 Å². The first-order valence-corrected chi connectivity index (χ1v) is 7.02. The summed E-state index contributed by atoms with van der Waals surface area (Å²) in [5.41, 5.74) is 1.63. The van der Waals surface area contributed by atoms with Gasteiger partial charge in [-0.2, -0.15) is 0 Å². The number of hydrogen-bond donors (Lipinski definition) is 0. The molecule has 0 aliphatic heterocycles. The summed E-state index contributed by atoms with van der Waals surface area (Å²) in [5.74, 6) is 0.923. The van der Waals surface area contributed by atoms with E-state index in [4.69, 9.17) is 0 Å². The van der Waals surface area contributed by atoms with Crippen LogP contribution in [0.2, 0.25) is 0 Å². The topological polar surface area (TPSA) is 51.6 Å². The van der Waals surface area contributed by atoms with E-state index in [0.717, 1.165) is 15.6 Å². The van der Waals surface area contributed by atoms with Gasteiger partial charge < -0.3 is 0 Å². The van der Waals surface area contributed by atoms with Gasteiger partial charge in [-0.1, -0.05) is 68.8 Å². The predicted octanol–water partition coefficient (Wildman–Crippen LogP) is 3.97. The first-order chi connectivity index (χ1) is 9.09. The number of halogens is 2. The molecule has 0 aliphatic carbocycles. The predicted molar refractivity (Wildman–Crippen MR) is 82.6 cm³/mol. The maximum absolute atomic E-state index is 4.10. The number of nitrogens with zero attached hydrogens (tertiary/aromatic N) is 4. The molecule has 2 aromatic rings. The van der Waals surface area contributed by atoms with Gasteiger partial charge in [-0.15, -0.1) is 20.4 Å². The smallest absolute Gasteiger partial charge is 0.126 e. The first kappa shape index (κ1) is 14.0. The Morgan fingerprint density at radius 3 is 2.05 bits per heavy atom. The van der Waals surface area contributed by atoms with Crippen molar-refractivity contribution in [2.45, 2.75) is 6.92 Å². The molecule has 0 saturated heterocycles. The van der Waals surface area contributed by atoms with Crippen LogP contribution in [0.4, 0.5) is 0 Å². The van der Waals surface area contributed by atoms with Crippen molar-refractivity contribution in [1.29, 1.82) is 0 Å². The Kier molecular flexibility index (Phi) is 4.55. The van der Waals surface area contributed by atoms with Gasteiger partial charge in [-0.05, 0) is 6.92 Å². The average molecular weight is 382 g/mol. The number of rotatable bonds is 3. The minimum absolute atomic E-state index is 0.427. The van der Waals surface area contributed by atoms with E-state index >= 15 is 0 Å². The van der Waals surface area contributed by atoms with Crippen LogP contribution in [0.1, 0.15) is 12.7 Å². The van der Waals surface area contributed by atoms with Crippen molar-refractivity contribution < 1.29 is 0 Å². The summed E-state index contributed by atoms with van der Waals surface area (Å²) in [4.78, 5) is 0. The van der Waals surface area contributed by atoms with Crippen molar-refractivity contribution in [3.05, 3.63) is 51.7 Å². The van der Waals surface area contributed by atoms with Crippen molar-refractivity contribution in [1.82, 2.24) is 20.4 Å². The molecule has 1 aromatic carbocycles. The second-order valence-corrected chi connectivity index (χ2v) is 5.87. The lowest BCUT2D eigenvalue weighted by Crippen LogP contribution is -2.02. The molecular formula is C13H10Br2N4. The van der Waals surface area contributed by atoms with E-state index in [2.05, 4.69) is 58.8 Å². The zero-order valence-corrected chi connectivity index (χ0v) is 13.3. The fraction of sp³-hybridized carbons (Fsp3) is 0.0769. The molecule has 1 aromatic heterocycles. The highest BCUT2D eigenvalue weighted by atomic mass is 79.9. The average Bonchev–Trinajstić information content (AvgIpc) is 2.40. The highest BCUT2D eigenvalue weighted by molar-refractivity contribution is 9.12. The van der Waals surface area contributed by atoms with E-state index < -0.39 is 0 Å². The molecule has 1 heterocycles. The van der Waals surface area contributed by atoms with Gasteiger partial charge in [-0.3, -0.25) is 0 Å². The Balaban J connectivity index is 2.39. The molecule has 0 spiro atoms. The summed E-state index contributed by atoms with van der Waals surface area (Å²) in [7, 11) is 0. The molecule has 2 rings (SSSR count). The third kappa shape index (κ3) is 3.33. The highest BCUT2D eigenvalue weighted by Crippen LogP contribution is 2.29. The Morgan fingerprint density at radius 1 is 1.00 bits per heavy atom. The molecular weight excluding hydrogens is 372 g/mol. The largest absolute Gasteiger partial charge is 0.205 e. The summed E-state index contributed by atoms with van der Waals surface area (Å²) in [6.45, 7) is 5.71. The summed E-state index contributed by atoms with van der Waals surface area (Å²) < 4.78 is 1.54. The Labute approximate surface area is 127 Å². The summed E-state index contributed by atoms with van der Waals surface area (Å²) in [5, 5.41) is 16.4. The molecule has 0 amide bonds. The van der Waals surface area contributed by atoms with Crippen LogP contribution >= 0.6 is 31.9 Å². The molecule has 0 radical (unpaired) electrons. The fourth-order valence-electron chi connectivity index (χ4n) is 1.49. The lowest BCUT2D eigenvalue weighted by Gasteiger charge is -2.05. The van der Waals surface area contributed by atoms with Gasteiger partial charge in [0, 0.05) is 20.1 Å². The molecule has 0 aliphatic rings. The molecule has 0 fully saturated rings. The summed E-state index contributed by atoms with van der Waals surface area (Å²) in [6, 6.07) is 9.59. The minimum Gasteiger partial charge on any atom is -0.126 e. The van der Waals surface area contributed by atoms with Crippen LogP contribution in [0.25, 0.3) is 17.0 Å². The van der Waals surface area contributed by atoms with Crippen LogP contribution in [-0.4, -0.2) is 20.4 Å². The van der Waals surface area contributed by atoms with Crippen LogP contribution in [0.5, 0.6) is 0 Å². The van der Waals surface area contributed by atoms with Crippen molar-refractivity contribution in [2.75, 3.05) is 0 Å². The van der Waals surface area contributed by atoms with Crippen LogP contribution < -0.4 is 0 Å². The van der Waals surface area contributed by atoms with Crippen LogP contribution in [-0.2, 0) is 0 Å². The van der Waals surface area contributed by atoms with Gasteiger partial charge in [0.1, 0.15) is 0 Å². The fourth-order valence-corrected chi connectivity index (χ4v) is 2.65. The molecule has 0 N–H and O–H groups in total. The maximum Gasteiger partial charge on any atom is 0.205 e. The molecule has 0 saturated carbocycles. The summed E-state index contributed by atoms with van der Waals surface area (Å²) in [6.07, 6.45) is 0. The molecule has 19 heavy (non-hydrogen) atoms. The number of hydrogen-bond acceptors (Lipinski definition) is 4. The third-order valence-electron chi connectivity index (χ3n) is 2.35. The van der Waals surface area contributed by atoms with Gasteiger partial charge in [0.25, 0.3) is 0 Å². The number of allylic oxidation sites excluding steroid dienone is 3. The van der Waals surface area contributed by atoms with E-state index in [1.165, 1.54) is 0 Å². The van der Waals surface area contributed by atoms with Crippen molar-refractivity contribution >= 4 is 37.4 Å². The molecule has 4 nitrogen and oxygen atoms in total. The van der Waals surface area contributed by atoms with Gasteiger partial charge in [0.05, 0.1) is 0 Å².